The predicted octanol–water partition coefficient (Wildman–Crippen LogP) is 4.00. The van der Waals surface area contributed by atoms with Gasteiger partial charge in [0, 0.05) is 18.4 Å². The van der Waals surface area contributed by atoms with Gasteiger partial charge in [-0.25, -0.2) is 0 Å². The van der Waals surface area contributed by atoms with Crippen molar-refractivity contribution in [2.75, 3.05) is 5.32 Å². The highest BCUT2D eigenvalue weighted by molar-refractivity contribution is 5.40. The first-order valence-electron chi connectivity index (χ1n) is 7.03. The molecule has 0 amide bonds. The average Bonchev–Trinajstić information content (AvgIpc) is 2.83. The van der Waals surface area contributed by atoms with Gasteiger partial charge in [0.2, 0.25) is 0 Å². The highest BCUT2D eigenvalue weighted by Crippen LogP contribution is 2.49. The third-order valence-electron chi connectivity index (χ3n) is 4.74. The third kappa shape index (κ3) is 2.46. The topological polar surface area (TPSA) is 24.9 Å². The Labute approximate surface area is 104 Å². The van der Waals surface area contributed by atoms with Crippen LogP contribution >= 0.6 is 0 Å². The van der Waals surface area contributed by atoms with Crippen LogP contribution in [-0.4, -0.2) is 11.0 Å². The van der Waals surface area contributed by atoms with Crippen LogP contribution < -0.4 is 5.32 Å². The van der Waals surface area contributed by atoms with E-state index in [-0.39, 0.29) is 0 Å². The summed E-state index contributed by atoms with van der Waals surface area (Å²) in [5.74, 6) is 0. The molecule has 1 N–H and O–H groups in total. The monoisotopic (exact) mass is 230 g/mol. The molecule has 17 heavy (non-hydrogen) atoms. The fourth-order valence-electron chi connectivity index (χ4n) is 3.68. The Morgan fingerprint density at radius 1 is 1.12 bits per heavy atom. The molecular weight excluding hydrogens is 208 g/mol. The van der Waals surface area contributed by atoms with E-state index in [9.17, 15) is 0 Å². The standard InChI is InChI=1S/C15H22N2/c1-2-8-15(7-1)9-5-13(6-10-15)17-14-4-3-11-16-12-14/h3-4,11-13,17H,1-2,5-10H2. The van der Waals surface area contributed by atoms with Crippen LogP contribution in [-0.2, 0) is 0 Å². The van der Waals surface area contributed by atoms with Crippen LogP contribution in [0.1, 0.15) is 51.4 Å². The van der Waals surface area contributed by atoms with Crippen molar-refractivity contribution in [3.05, 3.63) is 24.5 Å². The maximum Gasteiger partial charge on any atom is 0.0528 e. The van der Waals surface area contributed by atoms with Gasteiger partial charge in [0.25, 0.3) is 0 Å². The zero-order chi connectivity index (χ0) is 11.6. The van der Waals surface area contributed by atoms with Crippen LogP contribution in [0, 0.1) is 5.41 Å². The predicted molar refractivity (Wildman–Crippen MR) is 71.0 cm³/mol. The zero-order valence-electron chi connectivity index (χ0n) is 10.5. The lowest BCUT2D eigenvalue weighted by molar-refractivity contribution is 0.188. The molecule has 0 bridgehead atoms. The fraction of sp³-hybridized carbons (Fsp3) is 0.667. The second-order valence-corrected chi connectivity index (χ2v) is 5.87. The molecule has 2 heteroatoms. The maximum atomic E-state index is 4.16. The number of nitrogens with one attached hydrogen (secondary N) is 1. The highest BCUT2D eigenvalue weighted by Gasteiger charge is 2.37. The van der Waals surface area contributed by atoms with Crippen LogP contribution in [0.25, 0.3) is 0 Å². The van der Waals surface area contributed by atoms with Crippen molar-refractivity contribution in [3.63, 3.8) is 0 Å². The molecule has 1 heterocycles. The summed E-state index contributed by atoms with van der Waals surface area (Å²) in [5.41, 5.74) is 1.92. The van der Waals surface area contributed by atoms with Gasteiger partial charge in [0.15, 0.2) is 0 Å². The van der Waals surface area contributed by atoms with Crippen molar-refractivity contribution in [3.8, 4) is 0 Å². The summed E-state index contributed by atoms with van der Waals surface area (Å²) in [4.78, 5) is 4.16. The summed E-state index contributed by atoms with van der Waals surface area (Å²) in [6.45, 7) is 0. The number of anilines is 1. The molecule has 1 aromatic heterocycles. The average molecular weight is 230 g/mol. The fourth-order valence-corrected chi connectivity index (χ4v) is 3.68. The van der Waals surface area contributed by atoms with Crippen LogP contribution in [0.4, 0.5) is 5.69 Å². The van der Waals surface area contributed by atoms with Crippen LogP contribution in [0.2, 0.25) is 0 Å². The Kier molecular flexibility index (Phi) is 3.04. The van der Waals surface area contributed by atoms with Gasteiger partial charge in [0.05, 0.1) is 5.69 Å². The van der Waals surface area contributed by atoms with Gasteiger partial charge in [-0.15, -0.1) is 0 Å². The first kappa shape index (κ1) is 11.1. The van der Waals surface area contributed by atoms with Gasteiger partial charge in [-0.1, -0.05) is 12.8 Å². The summed E-state index contributed by atoms with van der Waals surface area (Å²) in [5, 5.41) is 3.62. The van der Waals surface area contributed by atoms with Crippen molar-refractivity contribution in [2.24, 2.45) is 5.41 Å². The normalized spacial score (nSPS) is 24.0. The van der Waals surface area contributed by atoms with E-state index in [1.165, 1.54) is 57.1 Å². The summed E-state index contributed by atoms with van der Waals surface area (Å²) >= 11 is 0. The number of hydrogen-bond donors (Lipinski definition) is 1. The van der Waals surface area contributed by atoms with Gasteiger partial charge in [0.1, 0.15) is 0 Å². The van der Waals surface area contributed by atoms with Gasteiger partial charge in [-0.05, 0) is 56.1 Å². The molecule has 0 saturated heterocycles. The number of rotatable bonds is 2. The first-order chi connectivity index (χ1) is 8.36. The van der Waals surface area contributed by atoms with Gasteiger partial charge < -0.3 is 5.32 Å². The van der Waals surface area contributed by atoms with Crippen molar-refractivity contribution in [1.82, 2.24) is 4.98 Å². The molecule has 2 aliphatic rings. The lowest BCUT2D eigenvalue weighted by atomic mass is 9.71. The summed E-state index contributed by atoms with van der Waals surface area (Å²) < 4.78 is 0. The van der Waals surface area contributed by atoms with Crippen molar-refractivity contribution in [1.29, 1.82) is 0 Å². The van der Waals surface area contributed by atoms with Crippen LogP contribution in [0.15, 0.2) is 24.5 Å². The van der Waals surface area contributed by atoms with Crippen molar-refractivity contribution in [2.45, 2.75) is 57.4 Å². The number of aromatic nitrogens is 1. The molecule has 0 unspecified atom stereocenters. The Balaban J connectivity index is 1.55. The minimum atomic E-state index is 0.672. The molecule has 0 radical (unpaired) electrons. The molecule has 0 atom stereocenters. The molecule has 0 aliphatic heterocycles. The largest absolute Gasteiger partial charge is 0.381 e. The molecular formula is C15H22N2. The van der Waals surface area contributed by atoms with E-state index in [1.54, 1.807) is 0 Å². The molecule has 1 spiro atoms. The molecule has 3 rings (SSSR count). The van der Waals surface area contributed by atoms with Gasteiger partial charge in [-0.3, -0.25) is 4.98 Å². The Morgan fingerprint density at radius 3 is 2.53 bits per heavy atom. The first-order valence-corrected chi connectivity index (χ1v) is 7.03. The second-order valence-electron chi connectivity index (χ2n) is 5.87. The molecule has 0 aromatic carbocycles. The number of hydrogen-bond acceptors (Lipinski definition) is 2. The molecule has 2 saturated carbocycles. The summed E-state index contributed by atoms with van der Waals surface area (Å²) in [6, 6.07) is 4.79. The van der Waals surface area contributed by atoms with E-state index >= 15 is 0 Å². The van der Waals surface area contributed by atoms with E-state index in [4.69, 9.17) is 0 Å². The quantitative estimate of drug-likeness (QED) is 0.830. The number of pyridine rings is 1. The highest BCUT2D eigenvalue weighted by atomic mass is 14.9. The second kappa shape index (κ2) is 4.67. The van der Waals surface area contributed by atoms with E-state index in [0.717, 1.165) is 5.41 Å². The molecule has 2 nitrogen and oxygen atoms in total. The van der Waals surface area contributed by atoms with Crippen molar-refractivity contribution >= 4 is 5.69 Å². The number of nitrogens with zero attached hydrogens (tertiary/aromatic N) is 1. The van der Waals surface area contributed by atoms with E-state index < -0.39 is 0 Å². The maximum absolute atomic E-state index is 4.16. The van der Waals surface area contributed by atoms with Crippen LogP contribution in [0.5, 0.6) is 0 Å². The van der Waals surface area contributed by atoms with E-state index in [1.807, 2.05) is 18.5 Å². The smallest absolute Gasteiger partial charge is 0.0528 e. The lowest BCUT2D eigenvalue weighted by Crippen LogP contribution is -2.31. The minimum absolute atomic E-state index is 0.672. The molecule has 2 fully saturated rings. The Hall–Kier alpha value is -1.05. The third-order valence-corrected chi connectivity index (χ3v) is 4.74. The summed E-state index contributed by atoms with van der Waals surface area (Å²) in [7, 11) is 0. The molecule has 92 valence electrons. The Bertz CT molecular complexity index is 344. The SMILES string of the molecule is c1cncc(NC2CCC3(CCCC3)CC2)c1. The van der Waals surface area contributed by atoms with Gasteiger partial charge >= 0.3 is 0 Å². The molecule has 2 aliphatic carbocycles. The van der Waals surface area contributed by atoms with Crippen molar-refractivity contribution < 1.29 is 0 Å². The zero-order valence-corrected chi connectivity index (χ0v) is 10.5. The Morgan fingerprint density at radius 2 is 1.88 bits per heavy atom. The summed E-state index contributed by atoms with van der Waals surface area (Å²) in [6.07, 6.45) is 15.2. The van der Waals surface area contributed by atoms with Crippen LogP contribution in [0.3, 0.4) is 0 Å². The minimum Gasteiger partial charge on any atom is -0.381 e. The van der Waals surface area contributed by atoms with E-state index in [2.05, 4.69) is 16.4 Å². The van der Waals surface area contributed by atoms with E-state index in [0.29, 0.717) is 6.04 Å². The molecule has 1 aromatic rings. The van der Waals surface area contributed by atoms with Gasteiger partial charge in [-0.2, -0.15) is 0 Å². The lowest BCUT2D eigenvalue weighted by Gasteiger charge is -2.37.